The molecule has 1 unspecified atom stereocenters. The number of carbonyl (C=O) groups excluding carboxylic acids is 1. The normalized spacial score (nSPS) is 24.3. The molecule has 0 saturated carbocycles. The van der Waals surface area contributed by atoms with Crippen molar-refractivity contribution in [3.63, 3.8) is 0 Å². The van der Waals surface area contributed by atoms with Gasteiger partial charge in [-0.1, -0.05) is 28.1 Å². The average Bonchev–Trinajstić information content (AvgIpc) is 2.88. The van der Waals surface area contributed by atoms with Crippen LogP contribution in [0.15, 0.2) is 28.7 Å². The molecule has 2 aliphatic heterocycles. The molecule has 8 heteroatoms. The standard InChI is InChI=1S/C17H24BrN3O3S/c18-15-3-1-2-14(10-15)11-20-5-7-21(8-6-20)12-17(22)19-16-4-9-25(23,24)13-16/h1-3,10,16H,4-9,11-13H2,(H,19,22). The highest BCUT2D eigenvalue weighted by Crippen LogP contribution is 2.15. The van der Waals surface area contributed by atoms with Crippen LogP contribution < -0.4 is 5.32 Å². The van der Waals surface area contributed by atoms with Gasteiger partial charge in [0.15, 0.2) is 9.84 Å². The van der Waals surface area contributed by atoms with Gasteiger partial charge in [0.05, 0.1) is 18.1 Å². The molecule has 0 bridgehead atoms. The lowest BCUT2D eigenvalue weighted by Gasteiger charge is -2.34. The van der Waals surface area contributed by atoms with E-state index < -0.39 is 9.84 Å². The van der Waals surface area contributed by atoms with E-state index in [1.807, 2.05) is 12.1 Å². The first-order valence-corrected chi connectivity index (χ1v) is 11.2. The van der Waals surface area contributed by atoms with Crippen LogP contribution in [-0.2, 0) is 21.2 Å². The minimum atomic E-state index is -2.95. The van der Waals surface area contributed by atoms with Gasteiger partial charge in [-0.25, -0.2) is 8.42 Å². The zero-order valence-electron chi connectivity index (χ0n) is 14.2. The van der Waals surface area contributed by atoms with Gasteiger partial charge in [-0.05, 0) is 24.1 Å². The molecular weight excluding hydrogens is 406 g/mol. The first kappa shape index (κ1) is 18.8. The van der Waals surface area contributed by atoms with Gasteiger partial charge in [-0.3, -0.25) is 14.6 Å². The number of amides is 1. The molecule has 3 rings (SSSR count). The van der Waals surface area contributed by atoms with E-state index >= 15 is 0 Å². The van der Waals surface area contributed by atoms with Crippen LogP contribution in [0.5, 0.6) is 0 Å². The van der Waals surface area contributed by atoms with E-state index in [4.69, 9.17) is 0 Å². The highest BCUT2D eigenvalue weighted by molar-refractivity contribution is 9.10. The molecular formula is C17H24BrN3O3S. The second kappa shape index (κ2) is 8.16. The summed E-state index contributed by atoms with van der Waals surface area (Å²) in [5.41, 5.74) is 1.28. The highest BCUT2D eigenvalue weighted by Gasteiger charge is 2.29. The van der Waals surface area contributed by atoms with E-state index in [9.17, 15) is 13.2 Å². The van der Waals surface area contributed by atoms with Gasteiger partial charge in [-0.2, -0.15) is 0 Å². The van der Waals surface area contributed by atoms with Crippen molar-refractivity contribution in [3.8, 4) is 0 Å². The Labute approximate surface area is 157 Å². The van der Waals surface area contributed by atoms with Gasteiger partial charge in [0.2, 0.25) is 5.91 Å². The van der Waals surface area contributed by atoms with Crippen LogP contribution in [0.4, 0.5) is 0 Å². The number of benzene rings is 1. The summed E-state index contributed by atoms with van der Waals surface area (Å²) < 4.78 is 24.0. The van der Waals surface area contributed by atoms with Gasteiger partial charge in [0.25, 0.3) is 0 Å². The average molecular weight is 430 g/mol. The number of nitrogens with one attached hydrogen (secondary N) is 1. The summed E-state index contributed by atoms with van der Waals surface area (Å²) in [5, 5.41) is 2.86. The molecule has 25 heavy (non-hydrogen) atoms. The lowest BCUT2D eigenvalue weighted by molar-refractivity contribution is -0.123. The Morgan fingerprint density at radius 1 is 1.20 bits per heavy atom. The minimum Gasteiger partial charge on any atom is -0.351 e. The summed E-state index contributed by atoms with van der Waals surface area (Å²) in [5.74, 6) is 0.202. The summed E-state index contributed by atoms with van der Waals surface area (Å²) in [7, 11) is -2.95. The molecule has 0 aliphatic carbocycles. The fourth-order valence-electron chi connectivity index (χ4n) is 3.38. The number of hydrogen-bond donors (Lipinski definition) is 1. The van der Waals surface area contributed by atoms with Crippen LogP contribution in [0.3, 0.4) is 0 Å². The monoisotopic (exact) mass is 429 g/mol. The molecule has 2 fully saturated rings. The largest absolute Gasteiger partial charge is 0.351 e. The maximum Gasteiger partial charge on any atom is 0.234 e. The van der Waals surface area contributed by atoms with Crippen molar-refractivity contribution < 1.29 is 13.2 Å². The number of sulfone groups is 1. The molecule has 2 heterocycles. The Bertz CT molecular complexity index is 718. The third-order valence-corrected chi connectivity index (χ3v) is 6.99. The predicted octanol–water partition coefficient (Wildman–Crippen LogP) is 0.870. The van der Waals surface area contributed by atoms with Crippen LogP contribution in [-0.4, -0.2) is 74.4 Å². The van der Waals surface area contributed by atoms with Crippen molar-refractivity contribution in [3.05, 3.63) is 34.3 Å². The van der Waals surface area contributed by atoms with Crippen molar-refractivity contribution in [2.24, 2.45) is 0 Å². The molecule has 1 N–H and O–H groups in total. The van der Waals surface area contributed by atoms with Crippen LogP contribution in [0.2, 0.25) is 0 Å². The molecule has 2 saturated heterocycles. The number of nitrogens with zero attached hydrogens (tertiary/aromatic N) is 2. The van der Waals surface area contributed by atoms with E-state index in [0.29, 0.717) is 13.0 Å². The summed E-state index contributed by atoms with van der Waals surface area (Å²) >= 11 is 3.50. The highest BCUT2D eigenvalue weighted by atomic mass is 79.9. The van der Waals surface area contributed by atoms with E-state index in [1.165, 1.54) is 5.56 Å². The molecule has 1 atom stereocenters. The third kappa shape index (κ3) is 5.77. The van der Waals surface area contributed by atoms with Gasteiger partial charge in [0.1, 0.15) is 0 Å². The molecule has 2 aliphatic rings. The predicted molar refractivity (Wildman–Crippen MR) is 101 cm³/mol. The first-order chi connectivity index (χ1) is 11.9. The van der Waals surface area contributed by atoms with Crippen LogP contribution in [0, 0.1) is 0 Å². The fraction of sp³-hybridized carbons (Fsp3) is 0.588. The van der Waals surface area contributed by atoms with Gasteiger partial charge in [-0.15, -0.1) is 0 Å². The number of rotatable bonds is 5. The van der Waals surface area contributed by atoms with Crippen LogP contribution >= 0.6 is 15.9 Å². The Morgan fingerprint density at radius 3 is 2.56 bits per heavy atom. The molecule has 6 nitrogen and oxygen atoms in total. The second-order valence-electron chi connectivity index (χ2n) is 6.85. The van der Waals surface area contributed by atoms with Gasteiger partial charge >= 0.3 is 0 Å². The molecule has 138 valence electrons. The zero-order valence-corrected chi connectivity index (χ0v) is 16.6. The van der Waals surface area contributed by atoms with E-state index in [0.717, 1.165) is 37.2 Å². The van der Waals surface area contributed by atoms with Crippen LogP contribution in [0.1, 0.15) is 12.0 Å². The maximum absolute atomic E-state index is 12.1. The Morgan fingerprint density at radius 2 is 1.92 bits per heavy atom. The summed E-state index contributed by atoms with van der Waals surface area (Å²) in [6, 6.07) is 8.12. The number of hydrogen-bond acceptors (Lipinski definition) is 5. The summed E-state index contributed by atoms with van der Waals surface area (Å²) in [6.45, 7) is 4.82. The van der Waals surface area contributed by atoms with Crippen molar-refractivity contribution >= 4 is 31.7 Å². The van der Waals surface area contributed by atoms with E-state index in [2.05, 4.69) is 43.2 Å². The number of carbonyl (C=O) groups is 1. The molecule has 1 aromatic carbocycles. The topological polar surface area (TPSA) is 69.7 Å². The molecule has 1 amide bonds. The minimum absolute atomic E-state index is 0.0671. The first-order valence-electron chi connectivity index (χ1n) is 8.58. The molecule has 0 radical (unpaired) electrons. The van der Waals surface area contributed by atoms with E-state index in [-0.39, 0.29) is 23.5 Å². The molecule has 0 spiro atoms. The summed E-state index contributed by atoms with van der Waals surface area (Å²) in [6.07, 6.45) is 0.536. The quantitative estimate of drug-likeness (QED) is 0.751. The van der Waals surface area contributed by atoms with Crippen LogP contribution in [0.25, 0.3) is 0 Å². The van der Waals surface area contributed by atoms with Gasteiger partial charge < -0.3 is 5.32 Å². The Hall–Kier alpha value is -0.960. The smallest absolute Gasteiger partial charge is 0.234 e. The van der Waals surface area contributed by atoms with Crippen molar-refractivity contribution in [1.29, 1.82) is 0 Å². The van der Waals surface area contributed by atoms with Crippen molar-refractivity contribution in [1.82, 2.24) is 15.1 Å². The Balaban J connectivity index is 1.39. The third-order valence-electron chi connectivity index (χ3n) is 4.72. The maximum atomic E-state index is 12.1. The number of piperazine rings is 1. The SMILES string of the molecule is O=C(CN1CCN(Cc2cccc(Br)c2)CC1)NC1CCS(=O)(=O)C1. The fourth-order valence-corrected chi connectivity index (χ4v) is 5.50. The lowest BCUT2D eigenvalue weighted by atomic mass is 10.2. The van der Waals surface area contributed by atoms with E-state index in [1.54, 1.807) is 0 Å². The zero-order chi connectivity index (χ0) is 17.9. The lowest BCUT2D eigenvalue weighted by Crippen LogP contribution is -2.50. The Kier molecular flexibility index (Phi) is 6.14. The van der Waals surface area contributed by atoms with Gasteiger partial charge in [0, 0.05) is 43.2 Å². The molecule has 0 aromatic heterocycles. The van der Waals surface area contributed by atoms with Crippen molar-refractivity contribution in [2.75, 3.05) is 44.2 Å². The molecule has 1 aromatic rings. The number of halogens is 1. The van der Waals surface area contributed by atoms with Crippen molar-refractivity contribution in [2.45, 2.75) is 19.0 Å². The second-order valence-corrected chi connectivity index (χ2v) is 9.99. The summed E-state index contributed by atoms with van der Waals surface area (Å²) in [4.78, 5) is 16.6.